The second-order valence-corrected chi connectivity index (χ2v) is 6.97. The van der Waals surface area contributed by atoms with Crippen molar-refractivity contribution in [3.63, 3.8) is 0 Å². The normalized spacial score (nSPS) is 16.5. The number of nitrogens with one attached hydrogen (secondary N) is 1. The van der Waals surface area contributed by atoms with Gasteiger partial charge >= 0.3 is 12.1 Å². The number of amides is 1. The molecule has 1 aliphatic rings. The van der Waals surface area contributed by atoms with Crippen LogP contribution >= 0.6 is 11.6 Å². The van der Waals surface area contributed by atoms with Gasteiger partial charge in [-0.2, -0.15) is 0 Å². The van der Waals surface area contributed by atoms with E-state index in [0.717, 1.165) is 6.42 Å². The zero-order valence-electron chi connectivity index (χ0n) is 12.9. The third-order valence-electron chi connectivity index (χ3n) is 3.77. The number of carbonyl (C=O) groups is 2. The Kier molecular flexibility index (Phi) is 4.38. The maximum absolute atomic E-state index is 11.9. The minimum atomic E-state index is -0.866. The SMILES string of the molecule is CC(C)(C)OC(=O)Nc1cc(C2(C(=O)O)CCC2)ccc1Cl. The van der Waals surface area contributed by atoms with Gasteiger partial charge in [0, 0.05) is 0 Å². The first kappa shape index (κ1) is 16.6. The van der Waals surface area contributed by atoms with Crippen LogP contribution in [0.15, 0.2) is 18.2 Å². The highest BCUT2D eigenvalue weighted by atomic mass is 35.5. The van der Waals surface area contributed by atoms with Crippen LogP contribution < -0.4 is 5.32 Å². The quantitative estimate of drug-likeness (QED) is 0.873. The van der Waals surface area contributed by atoms with Crippen molar-refractivity contribution >= 4 is 29.4 Å². The van der Waals surface area contributed by atoms with Gasteiger partial charge in [0.05, 0.1) is 16.1 Å². The van der Waals surface area contributed by atoms with Gasteiger partial charge in [-0.15, -0.1) is 0 Å². The van der Waals surface area contributed by atoms with Gasteiger partial charge in [-0.25, -0.2) is 4.79 Å². The van der Waals surface area contributed by atoms with Crippen molar-refractivity contribution in [1.29, 1.82) is 0 Å². The number of aliphatic carboxylic acids is 1. The average Bonchev–Trinajstić information content (AvgIpc) is 2.28. The molecule has 1 saturated carbocycles. The van der Waals surface area contributed by atoms with Crippen LogP contribution in [-0.4, -0.2) is 22.8 Å². The Balaban J connectivity index is 2.24. The third-order valence-corrected chi connectivity index (χ3v) is 4.10. The van der Waals surface area contributed by atoms with Crippen LogP contribution in [0.3, 0.4) is 0 Å². The number of carboxylic acid groups (broad SMARTS) is 1. The zero-order chi connectivity index (χ0) is 16.5. The van der Waals surface area contributed by atoms with Crippen LogP contribution in [0, 0.1) is 0 Å². The van der Waals surface area contributed by atoms with Crippen LogP contribution in [0.25, 0.3) is 0 Å². The molecule has 0 unspecified atom stereocenters. The Bertz CT molecular complexity index is 603. The summed E-state index contributed by atoms with van der Waals surface area (Å²) in [4.78, 5) is 23.4. The molecule has 0 bridgehead atoms. The summed E-state index contributed by atoms with van der Waals surface area (Å²) < 4.78 is 5.18. The Morgan fingerprint density at radius 2 is 1.95 bits per heavy atom. The van der Waals surface area contributed by atoms with Crippen LogP contribution in [0.4, 0.5) is 10.5 Å². The van der Waals surface area contributed by atoms with E-state index in [1.807, 2.05) is 0 Å². The molecule has 1 aromatic carbocycles. The van der Waals surface area contributed by atoms with E-state index in [9.17, 15) is 14.7 Å². The average molecular weight is 326 g/mol. The van der Waals surface area contributed by atoms with E-state index in [-0.39, 0.29) is 0 Å². The minimum Gasteiger partial charge on any atom is -0.481 e. The van der Waals surface area contributed by atoms with E-state index in [0.29, 0.717) is 29.1 Å². The summed E-state index contributed by atoms with van der Waals surface area (Å²) in [5.41, 5.74) is -0.470. The number of halogens is 1. The lowest BCUT2D eigenvalue weighted by Crippen LogP contribution is -2.42. The predicted molar refractivity (Wildman–Crippen MR) is 84.5 cm³/mol. The van der Waals surface area contributed by atoms with Crippen LogP contribution in [-0.2, 0) is 14.9 Å². The lowest BCUT2D eigenvalue weighted by atomic mass is 9.64. The number of rotatable bonds is 3. The van der Waals surface area contributed by atoms with Crippen molar-refractivity contribution in [3.8, 4) is 0 Å². The van der Waals surface area contributed by atoms with Crippen LogP contribution in [0.2, 0.25) is 5.02 Å². The van der Waals surface area contributed by atoms with Crippen molar-refractivity contribution in [2.45, 2.75) is 51.0 Å². The Labute approximate surface area is 134 Å². The first-order chi connectivity index (χ1) is 10.1. The number of anilines is 1. The van der Waals surface area contributed by atoms with Crippen molar-refractivity contribution in [1.82, 2.24) is 0 Å². The highest BCUT2D eigenvalue weighted by molar-refractivity contribution is 6.33. The van der Waals surface area contributed by atoms with Crippen molar-refractivity contribution < 1.29 is 19.4 Å². The number of carboxylic acids is 1. The third kappa shape index (κ3) is 3.35. The molecule has 1 aromatic rings. The summed E-state index contributed by atoms with van der Waals surface area (Å²) in [7, 11) is 0. The highest BCUT2D eigenvalue weighted by Crippen LogP contribution is 2.45. The molecule has 5 nitrogen and oxygen atoms in total. The second kappa shape index (κ2) is 5.80. The molecule has 6 heteroatoms. The van der Waals surface area contributed by atoms with Crippen LogP contribution in [0.1, 0.15) is 45.6 Å². The van der Waals surface area contributed by atoms with E-state index in [4.69, 9.17) is 16.3 Å². The van der Waals surface area contributed by atoms with Gasteiger partial charge in [-0.1, -0.05) is 24.1 Å². The van der Waals surface area contributed by atoms with Gasteiger partial charge in [-0.05, 0) is 51.3 Å². The van der Waals surface area contributed by atoms with E-state index in [1.165, 1.54) is 0 Å². The molecule has 1 amide bonds. The fraction of sp³-hybridized carbons (Fsp3) is 0.500. The monoisotopic (exact) mass is 325 g/mol. The van der Waals surface area contributed by atoms with Crippen molar-refractivity contribution in [2.24, 2.45) is 0 Å². The molecule has 0 aromatic heterocycles. The Morgan fingerprint density at radius 1 is 1.32 bits per heavy atom. The number of ether oxygens (including phenoxy) is 1. The molecular formula is C16H20ClNO4. The Hall–Kier alpha value is -1.75. The molecule has 22 heavy (non-hydrogen) atoms. The van der Waals surface area contributed by atoms with Gasteiger partial charge in [-0.3, -0.25) is 10.1 Å². The van der Waals surface area contributed by atoms with Gasteiger partial charge in [0.2, 0.25) is 0 Å². The standard InChI is InChI=1S/C16H20ClNO4/c1-15(2,3)22-14(21)18-12-9-10(5-6-11(12)17)16(13(19)20)7-4-8-16/h5-6,9H,4,7-8H2,1-3H3,(H,18,21)(H,19,20). The number of hydrogen-bond donors (Lipinski definition) is 2. The van der Waals surface area contributed by atoms with Crippen molar-refractivity contribution in [3.05, 3.63) is 28.8 Å². The molecule has 1 fully saturated rings. The topological polar surface area (TPSA) is 75.6 Å². The molecule has 2 rings (SSSR count). The summed E-state index contributed by atoms with van der Waals surface area (Å²) in [5.74, 6) is -0.843. The van der Waals surface area contributed by atoms with Gasteiger partial charge < -0.3 is 9.84 Å². The van der Waals surface area contributed by atoms with E-state index in [1.54, 1.807) is 39.0 Å². The van der Waals surface area contributed by atoms with E-state index < -0.39 is 23.1 Å². The number of benzene rings is 1. The smallest absolute Gasteiger partial charge is 0.412 e. The largest absolute Gasteiger partial charge is 0.481 e. The van der Waals surface area contributed by atoms with Gasteiger partial charge in [0.25, 0.3) is 0 Å². The fourth-order valence-corrected chi connectivity index (χ4v) is 2.65. The molecule has 1 aliphatic carbocycles. The molecule has 0 radical (unpaired) electrons. The lowest BCUT2D eigenvalue weighted by Gasteiger charge is -2.38. The van der Waals surface area contributed by atoms with E-state index >= 15 is 0 Å². The predicted octanol–water partition coefficient (Wildman–Crippen LogP) is 4.19. The first-order valence-electron chi connectivity index (χ1n) is 7.17. The molecular weight excluding hydrogens is 306 g/mol. The molecule has 120 valence electrons. The molecule has 0 saturated heterocycles. The molecule has 0 atom stereocenters. The number of hydrogen-bond acceptors (Lipinski definition) is 3. The maximum Gasteiger partial charge on any atom is 0.412 e. The number of carbonyl (C=O) groups excluding carboxylic acids is 1. The summed E-state index contributed by atoms with van der Waals surface area (Å²) in [6, 6.07) is 4.93. The summed E-state index contributed by atoms with van der Waals surface area (Å²) in [6.45, 7) is 5.29. The van der Waals surface area contributed by atoms with Gasteiger partial charge in [0.1, 0.15) is 5.60 Å². The zero-order valence-corrected chi connectivity index (χ0v) is 13.7. The first-order valence-corrected chi connectivity index (χ1v) is 7.55. The lowest BCUT2D eigenvalue weighted by molar-refractivity contribution is -0.147. The second-order valence-electron chi connectivity index (χ2n) is 6.56. The molecule has 2 N–H and O–H groups in total. The maximum atomic E-state index is 11.9. The molecule has 0 spiro atoms. The molecule has 0 heterocycles. The summed E-state index contributed by atoms with van der Waals surface area (Å²) in [6.07, 6.45) is 1.44. The summed E-state index contributed by atoms with van der Waals surface area (Å²) in [5, 5.41) is 12.4. The Morgan fingerprint density at radius 3 is 2.41 bits per heavy atom. The highest BCUT2D eigenvalue weighted by Gasteiger charge is 2.46. The summed E-state index contributed by atoms with van der Waals surface area (Å²) >= 11 is 6.08. The fourth-order valence-electron chi connectivity index (χ4n) is 2.49. The minimum absolute atomic E-state index is 0.342. The van der Waals surface area contributed by atoms with Crippen molar-refractivity contribution in [2.75, 3.05) is 5.32 Å². The van der Waals surface area contributed by atoms with Gasteiger partial charge in [0.15, 0.2) is 0 Å². The molecule has 0 aliphatic heterocycles. The van der Waals surface area contributed by atoms with E-state index in [2.05, 4.69) is 5.32 Å². The van der Waals surface area contributed by atoms with Crippen LogP contribution in [0.5, 0.6) is 0 Å².